The van der Waals surface area contributed by atoms with Crippen molar-refractivity contribution in [3.63, 3.8) is 0 Å². The van der Waals surface area contributed by atoms with Gasteiger partial charge in [0.1, 0.15) is 11.6 Å². The van der Waals surface area contributed by atoms with E-state index in [1.54, 1.807) is 24.3 Å². The number of hydrogen-bond acceptors (Lipinski definition) is 5. The maximum atomic E-state index is 11.5. The summed E-state index contributed by atoms with van der Waals surface area (Å²) in [4.78, 5) is 11.5. The van der Waals surface area contributed by atoms with E-state index in [1.807, 2.05) is 19.1 Å². The lowest BCUT2D eigenvalue weighted by Gasteiger charge is -2.06. The Labute approximate surface area is 123 Å². The lowest BCUT2D eigenvalue weighted by atomic mass is 10.1. The molecule has 6 heteroatoms. The van der Waals surface area contributed by atoms with Crippen molar-refractivity contribution in [2.75, 3.05) is 18.4 Å². The average molecular weight is 286 g/mol. The molecule has 0 aliphatic heterocycles. The Kier molecular flexibility index (Phi) is 5.09. The molecule has 0 aliphatic rings. The summed E-state index contributed by atoms with van der Waals surface area (Å²) in [6, 6.07) is 10.5. The summed E-state index contributed by atoms with van der Waals surface area (Å²) >= 11 is 0. The number of amides is 1. The highest BCUT2D eigenvalue weighted by molar-refractivity contribution is 5.92. The van der Waals surface area contributed by atoms with Crippen molar-refractivity contribution in [2.45, 2.75) is 13.3 Å². The van der Waals surface area contributed by atoms with Crippen LogP contribution in [0.5, 0.6) is 5.75 Å². The predicted molar refractivity (Wildman–Crippen MR) is 80.3 cm³/mol. The minimum absolute atomic E-state index is 0.226. The van der Waals surface area contributed by atoms with Gasteiger partial charge in [0.05, 0.1) is 0 Å². The zero-order valence-corrected chi connectivity index (χ0v) is 11.8. The zero-order chi connectivity index (χ0) is 15.1. The first-order chi connectivity index (χ1) is 10.2. The van der Waals surface area contributed by atoms with Crippen LogP contribution in [0.1, 0.15) is 23.0 Å². The summed E-state index contributed by atoms with van der Waals surface area (Å²) in [7, 11) is 0. The van der Waals surface area contributed by atoms with Gasteiger partial charge in [-0.2, -0.15) is 0 Å². The lowest BCUT2D eigenvalue weighted by molar-refractivity contribution is 0.0950. The van der Waals surface area contributed by atoms with E-state index in [1.165, 1.54) is 0 Å². The molecule has 1 aromatic heterocycles. The summed E-state index contributed by atoms with van der Waals surface area (Å²) < 4.78 is 0. The quantitative estimate of drug-likeness (QED) is 0.750. The Bertz CT molecular complexity index is 599. The molecule has 0 spiro atoms. The van der Waals surface area contributed by atoms with E-state index in [-0.39, 0.29) is 11.7 Å². The van der Waals surface area contributed by atoms with Gasteiger partial charge < -0.3 is 15.7 Å². The Morgan fingerprint density at radius 3 is 2.76 bits per heavy atom. The van der Waals surface area contributed by atoms with Crippen LogP contribution in [0.15, 0.2) is 36.4 Å². The number of benzene rings is 1. The molecule has 110 valence electrons. The smallest absolute Gasteiger partial charge is 0.271 e. The summed E-state index contributed by atoms with van der Waals surface area (Å²) in [5, 5.41) is 23.0. The Morgan fingerprint density at radius 2 is 2.10 bits per heavy atom. The summed E-state index contributed by atoms with van der Waals surface area (Å²) in [5.41, 5.74) is 1.34. The second-order valence-corrected chi connectivity index (χ2v) is 4.51. The third-order valence-corrected chi connectivity index (χ3v) is 2.86. The minimum atomic E-state index is -0.226. The van der Waals surface area contributed by atoms with Crippen molar-refractivity contribution in [1.29, 1.82) is 0 Å². The van der Waals surface area contributed by atoms with Crippen molar-refractivity contribution in [2.24, 2.45) is 0 Å². The number of phenolic OH excluding ortho intramolecular Hbond substituents is 1. The summed E-state index contributed by atoms with van der Waals surface area (Å²) in [6.07, 6.45) is 0.758. The molecule has 0 fully saturated rings. The Morgan fingerprint density at radius 1 is 1.24 bits per heavy atom. The van der Waals surface area contributed by atoms with E-state index in [0.29, 0.717) is 24.6 Å². The van der Waals surface area contributed by atoms with Gasteiger partial charge in [-0.1, -0.05) is 12.1 Å². The lowest BCUT2D eigenvalue weighted by Crippen LogP contribution is -2.24. The molecule has 2 rings (SSSR count). The molecule has 0 unspecified atom stereocenters. The monoisotopic (exact) mass is 286 g/mol. The van der Waals surface area contributed by atoms with Crippen LogP contribution in [0, 0.1) is 0 Å². The van der Waals surface area contributed by atoms with Crippen LogP contribution in [0.3, 0.4) is 0 Å². The molecule has 1 aromatic carbocycles. The molecule has 0 bridgehead atoms. The van der Waals surface area contributed by atoms with Crippen molar-refractivity contribution >= 4 is 11.7 Å². The molecule has 1 heterocycles. The van der Waals surface area contributed by atoms with Crippen molar-refractivity contribution in [3.05, 3.63) is 47.7 Å². The molecule has 0 radical (unpaired) electrons. The number of nitrogens with one attached hydrogen (secondary N) is 2. The normalized spacial score (nSPS) is 10.1. The van der Waals surface area contributed by atoms with Gasteiger partial charge in [0, 0.05) is 13.1 Å². The number of carbonyl (C=O) groups is 1. The highest BCUT2D eigenvalue weighted by atomic mass is 16.3. The molecule has 6 nitrogen and oxygen atoms in total. The predicted octanol–water partition coefficient (Wildman–Crippen LogP) is 1.59. The van der Waals surface area contributed by atoms with Crippen LogP contribution < -0.4 is 10.6 Å². The molecule has 0 saturated carbocycles. The molecule has 1 amide bonds. The van der Waals surface area contributed by atoms with Crippen molar-refractivity contribution in [3.8, 4) is 5.75 Å². The van der Waals surface area contributed by atoms with Crippen LogP contribution in [-0.2, 0) is 6.42 Å². The van der Waals surface area contributed by atoms with E-state index in [9.17, 15) is 9.90 Å². The molecular weight excluding hydrogens is 268 g/mol. The van der Waals surface area contributed by atoms with Gasteiger partial charge in [-0.3, -0.25) is 4.79 Å². The molecule has 0 aliphatic carbocycles. The maximum Gasteiger partial charge on any atom is 0.271 e. The number of phenols is 1. The fraction of sp³-hybridized carbons (Fsp3) is 0.267. The number of carbonyl (C=O) groups excluding carboxylic acids is 1. The van der Waals surface area contributed by atoms with E-state index in [4.69, 9.17) is 0 Å². The third-order valence-electron chi connectivity index (χ3n) is 2.86. The highest BCUT2D eigenvalue weighted by Crippen LogP contribution is 2.11. The first kappa shape index (κ1) is 14.8. The van der Waals surface area contributed by atoms with Crippen LogP contribution in [0.2, 0.25) is 0 Å². The fourth-order valence-electron chi connectivity index (χ4n) is 1.85. The van der Waals surface area contributed by atoms with Gasteiger partial charge in [0.25, 0.3) is 5.91 Å². The standard InChI is InChI=1S/C15H18N4O2/c1-2-16-15(21)13-6-7-14(19-18-13)17-9-8-11-4-3-5-12(20)10-11/h3-7,10,20H,2,8-9H2,1H3,(H,16,21)(H,17,19). The second-order valence-electron chi connectivity index (χ2n) is 4.51. The number of anilines is 1. The zero-order valence-electron chi connectivity index (χ0n) is 11.8. The molecular formula is C15H18N4O2. The number of nitrogens with zero attached hydrogens (tertiary/aromatic N) is 2. The molecule has 3 N–H and O–H groups in total. The maximum absolute atomic E-state index is 11.5. The summed E-state index contributed by atoms with van der Waals surface area (Å²) in [6.45, 7) is 3.08. The molecule has 21 heavy (non-hydrogen) atoms. The van der Waals surface area contributed by atoms with Gasteiger partial charge in [-0.25, -0.2) is 0 Å². The number of aromatic nitrogens is 2. The minimum Gasteiger partial charge on any atom is -0.508 e. The largest absolute Gasteiger partial charge is 0.508 e. The number of aromatic hydroxyl groups is 1. The SMILES string of the molecule is CCNC(=O)c1ccc(NCCc2cccc(O)c2)nn1. The van der Waals surface area contributed by atoms with E-state index in [2.05, 4.69) is 20.8 Å². The van der Waals surface area contributed by atoms with Gasteiger partial charge >= 0.3 is 0 Å². The molecule has 0 saturated heterocycles. The fourth-order valence-corrected chi connectivity index (χ4v) is 1.85. The number of hydrogen-bond donors (Lipinski definition) is 3. The van der Waals surface area contributed by atoms with E-state index in [0.717, 1.165) is 12.0 Å². The van der Waals surface area contributed by atoms with Crippen LogP contribution in [0.4, 0.5) is 5.82 Å². The van der Waals surface area contributed by atoms with Crippen molar-refractivity contribution in [1.82, 2.24) is 15.5 Å². The van der Waals surface area contributed by atoms with E-state index < -0.39 is 0 Å². The van der Waals surface area contributed by atoms with E-state index >= 15 is 0 Å². The topological polar surface area (TPSA) is 87.1 Å². The average Bonchev–Trinajstić information content (AvgIpc) is 2.48. The Hall–Kier alpha value is -2.63. The van der Waals surface area contributed by atoms with Crippen molar-refractivity contribution < 1.29 is 9.90 Å². The van der Waals surface area contributed by atoms with Gasteiger partial charge in [0.15, 0.2) is 5.69 Å². The first-order valence-corrected chi connectivity index (χ1v) is 6.82. The third kappa shape index (κ3) is 4.45. The van der Waals surface area contributed by atoms with Gasteiger partial charge in [-0.05, 0) is 43.2 Å². The molecule has 2 aromatic rings. The van der Waals surface area contributed by atoms with Crippen LogP contribution in [0.25, 0.3) is 0 Å². The Balaban J connectivity index is 1.85. The van der Waals surface area contributed by atoms with Crippen LogP contribution in [-0.4, -0.2) is 34.3 Å². The van der Waals surface area contributed by atoms with Gasteiger partial charge in [0.2, 0.25) is 0 Å². The second kappa shape index (κ2) is 7.23. The first-order valence-electron chi connectivity index (χ1n) is 6.82. The highest BCUT2D eigenvalue weighted by Gasteiger charge is 2.06. The molecule has 0 atom stereocenters. The summed E-state index contributed by atoms with van der Waals surface area (Å²) in [5.74, 6) is 0.651. The number of rotatable bonds is 6. The van der Waals surface area contributed by atoms with Crippen LogP contribution >= 0.6 is 0 Å². The van der Waals surface area contributed by atoms with Gasteiger partial charge in [-0.15, -0.1) is 10.2 Å².